The standard InChI is InChI=1S/C17H10F3N3O6/c18-17(19,20)10-3-1-9(2-4-10)14(8-21(26)27)22-15(24)12-6-5-11(23(28)29)7-13(12)16(22)25/h1-7,14H,8H2. The van der Waals surface area contributed by atoms with Crippen LogP contribution in [-0.2, 0) is 6.18 Å². The van der Waals surface area contributed by atoms with E-state index in [1.54, 1.807) is 0 Å². The number of nitro groups is 2. The molecule has 12 heteroatoms. The molecule has 1 aliphatic rings. The van der Waals surface area contributed by atoms with E-state index in [4.69, 9.17) is 0 Å². The first-order chi connectivity index (χ1) is 13.5. The minimum absolute atomic E-state index is 0.0568. The van der Waals surface area contributed by atoms with Crippen LogP contribution in [0.5, 0.6) is 0 Å². The van der Waals surface area contributed by atoms with E-state index in [9.17, 15) is 43.0 Å². The normalized spacial score (nSPS) is 14.7. The van der Waals surface area contributed by atoms with E-state index < -0.39 is 51.7 Å². The molecule has 0 fully saturated rings. The maximum Gasteiger partial charge on any atom is 0.416 e. The van der Waals surface area contributed by atoms with E-state index in [2.05, 4.69) is 0 Å². The van der Waals surface area contributed by atoms with Crippen molar-refractivity contribution in [2.24, 2.45) is 0 Å². The summed E-state index contributed by atoms with van der Waals surface area (Å²) in [5.41, 5.74) is -1.99. The summed E-state index contributed by atoms with van der Waals surface area (Å²) in [6.45, 7) is -0.946. The summed E-state index contributed by atoms with van der Waals surface area (Å²) in [6.07, 6.45) is -4.63. The largest absolute Gasteiger partial charge is 0.416 e. The molecule has 0 radical (unpaired) electrons. The van der Waals surface area contributed by atoms with Crippen molar-refractivity contribution in [2.45, 2.75) is 12.2 Å². The number of carbonyl (C=O) groups excluding carboxylic acids is 2. The minimum Gasteiger partial charge on any atom is -0.269 e. The fourth-order valence-electron chi connectivity index (χ4n) is 3.02. The van der Waals surface area contributed by atoms with Gasteiger partial charge in [0.2, 0.25) is 6.54 Å². The van der Waals surface area contributed by atoms with Crippen LogP contribution in [0.1, 0.15) is 37.9 Å². The highest BCUT2D eigenvalue weighted by Gasteiger charge is 2.43. The van der Waals surface area contributed by atoms with Crippen molar-refractivity contribution in [3.05, 3.63) is 84.9 Å². The second-order valence-electron chi connectivity index (χ2n) is 6.12. The molecule has 9 nitrogen and oxygen atoms in total. The highest BCUT2D eigenvalue weighted by molar-refractivity contribution is 6.21. The highest BCUT2D eigenvalue weighted by atomic mass is 19.4. The Labute approximate surface area is 159 Å². The van der Waals surface area contributed by atoms with Gasteiger partial charge in [0.1, 0.15) is 6.04 Å². The third kappa shape index (κ3) is 3.63. The lowest BCUT2D eigenvalue weighted by Crippen LogP contribution is -2.37. The van der Waals surface area contributed by atoms with Gasteiger partial charge in [-0.05, 0) is 23.8 Å². The Bertz CT molecular complexity index is 1040. The van der Waals surface area contributed by atoms with Crippen molar-refractivity contribution >= 4 is 17.5 Å². The first-order valence-corrected chi connectivity index (χ1v) is 7.96. The van der Waals surface area contributed by atoms with Crippen LogP contribution in [0, 0.1) is 20.2 Å². The molecule has 1 atom stereocenters. The predicted molar refractivity (Wildman–Crippen MR) is 89.6 cm³/mol. The van der Waals surface area contributed by atoms with Crippen LogP contribution in [-0.4, -0.2) is 33.1 Å². The molecule has 0 N–H and O–H groups in total. The Kier molecular flexibility index (Phi) is 4.78. The summed E-state index contributed by atoms with van der Waals surface area (Å²) >= 11 is 0. The quantitative estimate of drug-likeness (QED) is 0.424. The molecule has 1 heterocycles. The molecule has 0 saturated carbocycles. The Morgan fingerprint density at radius 3 is 2.03 bits per heavy atom. The number of non-ortho nitro benzene ring substituents is 1. The van der Waals surface area contributed by atoms with Gasteiger partial charge in [0.25, 0.3) is 17.5 Å². The molecule has 0 aromatic heterocycles. The number of halogens is 3. The number of hydrogen-bond acceptors (Lipinski definition) is 6. The van der Waals surface area contributed by atoms with Gasteiger partial charge in [-0.15, -0.1) is 0 Å². The number of benzene rings is 2. The SMILES string of the molecule is O=C1c2ccc([N+](=O)[O-])cc2C(=O)N1C(C[N+](=O)[O-])c1ccc(C(F)(F)F)cc1. The summed E-state index contributed by atoms with van der Waals surface area (Å²) in [5.74, 6) is -1.92. The third-order valence-electron chi connectivity index (χ3n) is 4.37. The topological polar surface area (TPSA) is 124 Å². The van der Waals surface area contributed by atoms with E-state index in [-0.39, 0.29) is 16.7 Å². The first-order valence-electron chi connectivity index (χ1n) is 7.96. The molecule has 0 aliphatic carbocycles. The smallest absolute Gasteiger partial charge is 0.269 e. The minimum atomic E-state index is -4.63. The zero-order valence-electron chi connectivity index (χ0n) is 14.3. The number of fused-ring (bicyclic) bond motifs is 1. The molecule has 2 aromatic rings. The maximum absolute atomic E-state index is 12.8. The molecule has 0 spiro atoms. The van der Waals surface area contributed by atoms with Crippen molar-refractivity contribution < 1.29 is 32.6 Å². The average molecular weight is 409 g/mol. The third-order valence-corrected chi connectivity index (χ3v) is 4.37. The molecule has 2 aromatic carbocycles. The number of imide groups is 1. The number of alkyl halides is 3. The van der Waals surface area contributed by atoms with Crippen molar-refractivity contribution in [2.75, 3.05) is 6.54 Å². The molecule has 3 rings (SSSR count). The number of nitrogens with zero attached hydrogens (tertiary/aromatic N) is 3. The van der Waals surface area contributed by atoms with Crippen molar-refractivity contribution in [3.8, 4) is 0 Å². The Morgan fingerprint density at radius 2 is 1.52 bits per heavy atom. The summed E-state index contributed by atoms with van der Waals surface area (Å²) in [6, 6.07) is 4.73. The van der Waals surface area contributed by atoms with E-state index in [0.717, 1.165) is 30.3 Å². The predicted octanol–water partition coefficient (Wildman–Crippen LogP) is 3.23. The molecule has 0 saturated heterocycles. The van der Waals surface area contributed by atoms with Crippen LogP contribution in [0.4, 0.5) is 18.9 Å². The van der Waals surface area contributed by atoms with Gasteiger partial charge in [-0.2, -0.15) is 13.2 Å². The molecular weight excluding hydrogens is 399 g/mol. The monoisotopic (exact) mass is 409 g/mol. The van der Waals surface area contributed by atoms with Gasteiger partial charge in [-0.25, -0.2) is 0 Å². The first kappa shape index (κ1) is 19.9. The lowest BCUT2D eigenvalue weighted by atomic mass is 10.0. The second-order valence-corrected chi connectivity index (χ2v) is 6.12. The summed E-state index contributed by atoms with van der Waals surface area (Å²) in [7, 11) is 0. The van der Waals surface area contributed by atoms with E-state index in [1.807, 2.05) is 0 Å². The lowest BCUT2D eigenvalue weighted by Gasteiger charge is -2.23. The van der Waals surface area contributed by atoms with Crippen molar-refractivity contribution in [1.82, 2.24) is 4.90 Å². The van der Waals surface area contributed by atoms with Gasteiger partial charge in [-0.3, -0.25) is 34.7 Å². The molecular formula is C17H10F3N3O6. The molecule has 150 valence electrons. The van der Waals surface area contributed by atoms with E-state index >= 15 is 0 Å². The molecule has 0 bridgehead atoms. The van der Waals surface area contributed by atoms with Gasteiger partial charge in [0.05, 0.1) is 21.6 Å². The van der Waals surface area contributed by atoms with Crippen LogP contribution < -0.4 is 0 Å². The Balaban J connectivity index is 2.03. The van der Waals surface area contributed by atoms with Gasteiger partial charge in [-0.1, -0.05) is 12.1 Å². The molecule has 29 heavy (non-hydrogen) atoms. The van der Waals surface area contributed by atoms with Gasteiger partial charge >= 0.3 is 6.18 Å². The van der Waals surface area contributed by atoms with Crippen molar-refractivity contribution in [3.63, 3.8) is 0 Å². The molecule has 2 amide bonds. The van der Waals surface area contributed by atoms with Crippen LogP contribution in [0.15, 0.2) is 42.5 Å². The molecule has 1 unspecified atom stereocenters. The fourth-order valence-corrected chi connectivity index (χ4v) is 3.02. The summed E-state index contributed by atoms with van der Waals surface area (Å²) in [4.78, 5) is 46.3. The van der Waals surface area contributed by atoms with Gasteiger partial charge in [0, 0.05) is 17.1 Å². The van der Waals surface area contributed by atoms with Crippen LogP contribution in [0.25, 0.3) is 0 Å². The average Bonchev–Trinajstić information content (AvgIpc) is 2.89. The number of carbonyl (C=O) groups is 2. The van der Waals surface area contributed by atoms with E-state index in [1.165, 1.54) is 0 Å². The summed E-state index contributed by atoms with van der Waals surface area (Å²) in [5, 5.41) is 22.0. The highest BCUT2D eigenvalue weighted by Crippen LogP contribution is 2.35. The number of nitro benzene ring substituents is 1. The zero-order valence-corrected chi connectivity index (χ0v) is 14.3. The summed E-state index contributed by atoms with van der Waals surface area (Å²) < 4.78 is 38.3. The maximum atomic E-state index is 12.8. The van der Waals surface area contributed by atoms with Gasteiger partial charge in [0.15, 0.2) is 0 Å². The van der Waals surface area contributed by atoms with Crippen LogP contribution in [0.3, 0.4) is 0 Å². The zero-order chi connectivity index (χ0) is 21.5. The number of hydrogen-bond donors (Lipinski definition) is 0. The van der Waals surface area contributed by atoms with Crippen LogP contribution in [0.2, 0.25) is 0 Å². The second kappa shape index (κ2) is 6.96. The van der Waals surface area contributed by atoms with Crippen LogP contribution >= 0.6 is 0 Å². The number of rotatable bonds is 5. The Morgan fingerprint density at radius 1 is 0.931 bits per heavy atom. The fraction of sp³-hybridized carbons (Fsp3) is 0.176. The van der Waals surface area contributed by atoms with Gasteiger partial charge < -0.3 is 0 Å². The Hall–Kier alpha value is -3.83. The number of amides is 2. The lowest BCUT2D eigenvalue weighted by molar-refractivity contribution is -0.486. The van der Waals surface area contributed by atoms with Crippen molar-refractivity contribution in [1.29, 1.82) is 0 Å². The van der Waals surface area contributed by atoms with E-state index in [0.29, 0.717) is 17.0 Å². The molecule has 1 aliphatic heterocycles.